The molecule has 4 heteroatoms. The molecule has 0 radical (unpaired) electrons. The monoisotopic (exact) mass is 282 g/mol. The van der Waals surface area contributed by atoms with Crippen molar-refractivity contribution in [3.8, 4) is 0 Å². The first-order chi connectivity index (χ1) is 9.24. The molecule has 0 bridgehead atoms. The van der Waals surface area contributed by atoms with E-state index in [9.17, 15) is 15.0 Å². The Morgan fingerprint density at radius 3 is 2.60 bits per heavy atom. The van der Waals surface area contributed by atoms with Crippen LogP contribution in [0.1, 0.15) is 40.0 Å². The van der Waals surface area contributed by atoms with Crippen LogP contribution >= 0.6 is 0 Å². The number of hydrogen-bond donors (Lipinski definition) is 3. The van der Waals surface area contributed by atoms with E-state index in [4.69, 9.17) is 5.11 Å². The number of hydrogen-bond acceptors (Lipinski definition) is 4. The molecule has 0 aliphatic heterocycles. The molecule has 4 nitrogen and oxygen atoms in total. The van der Waals surface area contributed by atoms with Gasteiger partial charge in [-0.05, 0) is 38.5 Å². The van der Waals surface area contributed by atoms with E-state index in [1.165, 1.54) is 0 Å². The summed E-state index contributed by atoms with van der Waals surface area (Å²) < 4.78 is 0. The van der Waals surface area contributed by atoms with Crippen molar-refractivity contribution in [1.82, 2.24) is 0 Å². The highest BCUT2D eigenvalue weighted by molar-refractivity contribution is 5.87. The Morgan fingerprint density at radius 1 is 1.35 bits per heavy atom. The minimum absolute atomic E-state index is 0.0198. The lowest BCUT2D eigenvalue weighted by molar-refractivity contribution is -0.166. The Hall–Kier alpha value is -0.710. The van der Waals surface area contributed by atoms with Crippen LogP contribution in [0.25, 0.3) is 0 Å². The van der Waals surface area contributed by atoms with E-state index < -0.39 is 17.1 Å². The Labute approximate surface area is 120 Å². The summed E-state index contributed by atoms with van der Waals surface area (Å²) in [5.41, 5.74) is -2.34. The van der Waals surface area contributed by atoms with Gasteiger partial charge in [-0.2, -0.15) is 0 Å². The van der Waals surface area contributed by atoms with Gasteiger partial charge in [-0.1, -0.05) is 19.1 Å². The summed E-state index contributed by atoms with van der Waals surface area (Å²) in [5, 5.41) is 30.3. The van der Waals surface area contributed by atoms with Gasteiger partial charge in [0.15, 0.2) is 0 Å². The molecule has 20 heavy (non-hydrogen) atoms. The number of aliphatic hydroxyl groups excluding tert-OH is 2. The van der Waals surface area contributed by atoms with Crippen molar-refractivity contribution < 1.29 is 20.1 Å². The first-order valence-electron chi connectivity index (χ1n) is 7.48. The Bertz CT molecular complexity index is 415. The number of aliphatic hydroxyl groups is 3. The highest BCUT2D eigenvalue weighted by atomic mass is 16.3. The molecule has 0 aromatic rings. The normalized spacial score (nSPS) is 47.9. The number of Topliss-reactive ketones (excluding diaryl/α,β-unsaturated/α-hetero) is 1. The third-order valence-electron chi connectivity index (χ3n) is 5.50. The number of fused-ring (bicyclic) bond motifs is 1. The van der Waals surface area contributed by atoms with Crippen LogP contribution in [-0.4, -0.2) is 39.4 Å². The van der Waals surface area contributed by atoms with E-state index in [0.717, 1.165) is 6.42 Å². The summed E-state index contributed by atoms with van der Waals surface area (Å²) in [5.74, 6) is 0.0773. The summed E-state index contributed by atoms with van der Waals surface area (Å²) in [6.45, 7) is 5.25. The lowest BCUT2D eigenvalue weighted by Crippen LogP contribution is -2.61. The molecule has 1 saturated carbocycles. The van der Waals surface area contributed by atoms with Gasteiger partial charge in [0, 0.05) is 18.9 Å². The second-order valence-electron chi connectivity index (χ2n) is 6.94. The Kier molecular flexibility index (Phi) is 4.11. The number of allylic oxidation sites excluding steroid dienone is 1. The molecule has 0 spiro atoms. The van der Waals surface area contributed by atoms with Crippen molar-refractivity contribution in [1.29, 1.82) is 0 Å². The molecular formula is C16H26O4. The summed E-state index contributed by atoms with van der Waals surface area (Å²) in [4.78, 5) is 12.6. The Balaban J connectivity index is 2.45. The fourth-order valence-electron chi connectivity index (χ4n) is 4.21. The molecule has 1 fully saturated rings. The van der Waals surface area contributed by atoms with Crippen molar-refractivity contribution in [3.05, 3.63) is 12.2 Å². The molecule has 2 aliphatic carbocycles. The minimum Gasteiger partial charge on any atom is -0.396 e. The van der Waals surface area contributed by atoms with E-state index in [2.05, 4.69) is 6.92 Å². The largest absolute Gasteiger partial charge is 0.396 e. The molecule has 0 aromatic heterocycles. The van der Waals surface area contributed by atoms with Crippen LogP contribution in [-0.2, 0) is 4.79 Å². The summed E-state index contributed by atoms with van der Waals surface area (Å²) in [7, 11) is 0. The van der Waals surface area contributed by atoms with Crippen molar-refractivity contribution in [2.75, 3.05) is 6.61 Å². The summed E-state index contributed by atoms with van der Waals surface area (Å²) in [6.07, 6.45) is 4.67. The smallest absolute Gasteiger partial charge is 0.144 e. The van der Waals surface area contributed by atoms with E-state index in [1.807, 2.05) is 6.08 Å². The SMILES string of the molecule is C[C@@H]1C[C@@H](O)[C@H]2[C@H](C=C[C@](C)(O)[C@@]2(C)C(=O)CCO)C1. The third kappa shape index (κ3) is 2.24. The number of ketones is 1. The topological polar surface area (TPSA) is 77.8 Å². The predicted octanol–water partition coefficient (Wildman–Crippen LogP) is 1.29. The number of carbonyl (C=O) groups excluding carboxylic acids is 1. The summed E-state index contributed by atoms with van der Waals surface area (Å²) >= 11 is 0. The Morgan fingerprint density at radius 2 is 2.00 bits per heavy atom. The average molecular weight is 282 g/mol. The molecule has 2 rings (SSSR count). The molecular weight excluding hydrogens is 256 g/mol. The zero-order valence-corrected chi connectivity index (χ0v) is 12.5. The average Bonchev–Trinajstić information content (AvgIpc) is 2.33. The predicted molar refractivity (Wildman–Crippen MR) is 76.0 cm³/mol. The summed E-state index contributed by atoms with van der Waals surface area (Å²) in [6, 6.07) is 0. The fourth-order valence-corrected chi connectivity index (χ4v) is 4.21. The lowest BCUT2D eigenvalue weighted by Gasteiger charge is -2.54. The number of carbonyl (C=O) groups is 1. The van der Waals surface area contributed by atoms with Gasteiger partial charge in [-0.25, -0.2) is 0 Å². The van der Waals surface area contributed by atoms with Gasteiger partial charge < -0.3 is 15.3 Å². The van der Waals surface area contributed by atoms with E-state index in [1.54, 1.807) is 19.9 Å². The second kappa shape index (κ2) is 5.24. The number of rotatable bonds is 3. The van der Waals surface area contributed by atoms with Crippen LogP contribution in [0.3, 0.4) is 0 Å². The van der Waals surface area contributed by atoms with E-state index in [-0.39, 0.29) is 30.6 Å². The fraction of sp³-hybridized carbons (Fsp3) is 0.812. The third-order valence-corrected chi connectivity index (χ3v) is 5.50. The van der Waals surface area contributed by atoms with Gasteiger partial charge in [0.05, 0.1) is 17.1 Å². The van der Waals surface area contributed by atoms with Crippen LogP contribution in [0.5, 0.6) is 0 Å². The van der Waals surface area contributed by atoms with Crippen LogP contribution in [0, 0.1) is 23.2 Å². The zero-order chi connectivity index (χ0) is 15.1. The van der Waals surface area contributed by atoms with E-state index >= 15 is 0 Å². The molecule has 6 atom stereocenters. The maximum Gasteiger partial charge on any atom is 0.144 e. The van der Waals surface area contributed by atoms with Gasteiger partial charge >= 0.3 is 0 Å². The highest BCUT2D eigenvalue weighted by Gasteiger charge is 2.59. The molecule has 0 amide bonds. The van der Waals surface area contributed by atoms with Crippen LogP contribution in [0.2, 0.25) is 0 Å². The van der Waals surface area contributed by atoms with Crippen molar-refractivity contribution in [3.63, 3.8) is 0 Å². The van der Waals surface area contributed by atoms with Gasteiger partial charge in [0.1, 0.15) is 5.78 Å². The van der Waals surface area contributed by atoms with Crippen LogP contribution < -0.4 is 0 Å². The van der Waals surface area contributed by atoms with Crippen LogP contribution in [0.4, 0.5) is 0 Å². The van der Waals surface area contributed by atoms with Crippen molar-refractivity contribution in [2.24, 2.45) is 23.2 Å². The zero-order valence-electron chi connectivity index (χ0n) is 12.5. The standard InChI is InChI=1S/C16H26O4/c1-10-8-11-4-6-15(2,20)16(3,13(19)5-7-17)14(11)12(18)9-10/h4,6,10-12,14,17-18,20H,5,7-9H2,1-3H3/t10-,11+,12+,14+,15-,16-/m0/s1. The van der Waals surface area contributed by atoms with Gasteiger partial charge in [0.25, 0.3) is 0 Å². The van der Waals surface area contributed by atoms with Gasteiger partial charge in [0.2, 0.25) is 0 Å². The van der Waals surface area contributed by atoms with Crippen molar-refractivity contribution >= 4 is 5.78 Å². The molecule has 0 saturated heterocycles. The second-order valence-corrected chi connectivity index (χ2v) is 6.94. The maximum absolute atomic E-state index is 12.6. The highest BCUT2D eigenvalue weighted by Crippen LogP contribution is 2.54. The molecule has 0 heterocycles. The molecule has 3 N–H and O–H groups in total. The first kappa shape index (κ1) is 15.7. The molecule has 0 unspecified atom stereocenters. The van der Waals surface area contributed by atoms with E-state index in [0.29, 0.717) is 12.3 Å². The van der Waals surface area contributed by atoms with Crippen LogP contribution in [0.15, 0.2) is 12.2 Å². The maximum atomic E-state index is 12.6. The van der Waals surface area contributed by atoms with Crippen molar-refractivity contribution in [2.45, 2.75) is 51.7 Å². The first-order valence-corrected chi connectivity index (χ1v) is 7.48. The lowest BCUT2D eigenvalue weighted by atomic mass is 9.51. The quantitative estimate of drug-likeness (QED) is 0.682. The molecule has 0 aromatic carbocycles. The molecule has 2 aliphatic rings. The minimum atomic E-state index is -1.29. The molecule has 114 valence electrons. The van der Waals surface area contributed by atoms with Gasteiger partial charge in [-0.3, -0.25) is 4.79 Å². The van der Waals surface area contributed by atoms with Gasteiger partial charge in [-0.15, -0.1) is 0 Å².